The van der Waals surface area contributed by atoms with E-state index < -0.39 is 10.8 Å². The summed E-state index contributed by atoms with van der Waals surface area (Å²) in [6.45, 7) is 5.73. The predicted molar refractivity (Wildman–Crippen MR) is 75.4 cm³/mol. The van der Waals surface area contributed by atoms with Gasteiger partial charge in [0.1, 0.15) is 11.4 Å². The van der Waals surface area contributed by atoms with Gasteiger partial charge in [-0.15, -0.1) is 0 Å². The first-order valence-corrected chi connectivity index (χ1v) is 6.14. The molecule has 1 amide bonds. The van der Waals surface area contributed by atoms with E-state index in [9.17, 15) is 20.0 Å². The Morgan fingerprint density at radius 1 is 1.50 bits per heavy atom. The largest absolute Gasteiger partial charge is 0.508 e. The van der Waals surface area contributed by atoms with Crippen molar-refractivity contribution in [1.29, 1.82) is 0 Å². The molecule has 20 heavy (non-hydrogen) atoms. The second kappa shape index (κ2) is 5.87. The SMILES string of the molecule is CC(C)(C)C(N)CC(=O)Nc1ccc(O)cc1[N+](=O)[O-]. The highest BCUT2D eigenvalue weighted by molar-refractivity contribution is 5.93. The van der Waals surface area contributed by atoms with E-state index in [2.05, 4.69) is 5.32 Å². The van der Waals surface area contributed by atoms with Crippen LogP contribution in [0.1, 0.15) is 27.2 Å². The minimum Gasteiger partial charge on any atom is -0.508 e. The molecular weight excluding hydrogens is 262 g/mol. The quantitative estimate of drug-likeness (QED) is 0.443. The summed E-state index contributed by atoms with van der Waals surface area (Å²) in [4.78, 5) is 22.0. The molecule has 1 atom stereocenters. The van der Waals surface area contributed by atoms with Crippen molar-refractivity contribution in [3.63, 3.8) is 0 Å². The van der Waals surface area contributed by atoms with Gasteiger partial charge in [0, 0.05) is 12.5 Å². The lowest BCUT2D eigenvalue weighted by atomic mass is 9.85. The van der Waals surface area contributed by atoms with Gasteiger partial charge in [-0.3, -0.25) is 14.9 Å². The molecule has 1 aromatic carbocycles. The van der Waals surface area contributed by atoms with E-state index in [0.29, 0.717) is 0 Å². The normalized spacial score (nSPS) is 12.8. The molecule has 0 aliphatic rings. The number of carbonyl (C=O) groups excluding carboxylic acids is 1. The van der Waals surface area contributed by atoms with Gasteiger partial charge in [0.15, 0.2) is 0 Å². The third kappa shape index (κ3) is 4.20. The van der Waals surface area contributed by atoms with Gasteiger partial charge in [-0.05, 0) is 17.5 Å². The molecule has 0 aliphatic heterocycles. The summed E-state index contributed by atoms with van der Waals surface area (Å²) < 4.78 is 0. The molecule has 1 aromatic rings. The Hall–Kier alpha value is -2.15. The minimum absolute atomic E-state index is 0.0407. The van der Waals surface area contributed by atoms with Crippen molar-refractivity contribution in [1.82, 2.24) is 0 Å². The van der Waals surface area contributed by atoms with Crippen molar-refractivity contribution >= 4 is 17.3 Å². The van der Waals surface area contributed by atoms with Crippen molar-refractivity contribution < 1.29 is 14.8 Å². The number of amides is 1. The summed E-state index contributed by atoms with van der Waals surface area (Å²) in [5.41, 5.74) is 5.34. The molecule has 4 N–H and O–H groups in total. The summed E-state index contributed by atoms with van der Waals surface area (Å²) in [7, 11) is 0. The van der Waals surface area contributed by atoms with E-state index in [1.54, 1.807) is 0 Å². The third-order valence-corrected chi connectivity index (χ3v) is 2.97. The monoisotopic (exact) mass is 281 g/mol. The molecule has 0 bridgehead atoms. The van der Waals surface area contributed by atoms with Crippen molar-refractivity contribution in [3.05, 3.63) is 28.3 Å². The number of nitro groups is 1. The zero-order valence-electron chi connectivity index (χ0n) is 11.7. The van der Waals surface area contributed by atoms with Crippen molar-refractivity contribution in [3.8, 4) is 5.75 Å². The van der Waals surface area contributed by atoms with Crippen LogP contribution in [-0.4, -0.2) is 22.0 Å². The van der Waals surface area contributed by atoms with Gasteiger partial charge in [-0.2, -0.15) is 0 Å². The first-order valence-electron chi connectivity index (χ1n) is 6.14. The summed E-state index contributed by atoms with van der Waals surface area (Å²) in [6.07, 6.45) is 0.0571. The highest BCUT2D eigenvalue weighted by Crippen LogP contribution is 2.29. The van der Waals surface area contributed by atoms with E-state index in [1.165, 1.54) is 12.1 Å². The molecule has 1 unspecified atom stereocenters. The lowest BCUT2D eigenvalue weighted by Gasteiger charge is -2.26. The van der Waals surface area contributed by atoms with Gasteiger partial charge >= 0.3 is 0 Å². The Bertz CT molecular complexity index is 523. The smallest absolute Gasteiger partial charge is 0.296 e. The van der Waals surface area contributed by atoms with E-state index >= 15 is 0 Å². The van der Waals surface area contributed by atoms with Crippen LogP contribution in [-0.2, 0) is 4.79 Å². The van der Waals surface area contributed by atoms with Crippen LogP contribution >= 0.6 is 0 Å². The molecule has 7 nitrogen and oxygen atoms in total. The molecule has 0 saturated heterocycles. The summed E-state index contributed by atoms with van der Waals surface area (Å²) in [6, 6.07) is 3.18. The number of phenolic OH excluding ortho intramolecular Hbond substituents is 1. The van der Waals surface area contributed by atoms with Crippen LogP contribution in [0.25, 0.3) is 0 Å². The Labute approximate surface area is 116 Å². The predicted octanol–water partition coefficient (Wildman–Crippen LogP) is 2.00. The molecule has 0 spiro atoms. The first kappa shape index (κ1) is 15.9. The topological polar surface area (TPSA) is 118 Å². The van der Waals surface area contributed by atoms with E-state index in [1.807, 2.05) is 20.8 Å². The first-order chi connectivity index (χ1) is 9.11. The number of carbonyl (C=O) groups is 1. The maximum Gasteiger partial charge on any atom is 0.296 e. The van der Waals surface area contributed by atoms with Gasteiger partial charge in [0.05, 0.1) is 11.0 Å². The zero-order chi connectivity index (χ0) is 15.5. The molecule has 0 saturated carbocycles. The molecule has 110 valence electrons. The molecule has 0 aromatic heterocycles. The van der Waals surface area contributed by atoms with E-state index in [0.717, 1.165) is 6.07 Å². The van der Waals surface area contributed by atoms with Crippen LogP contribution in [0.4, 0.5) is 11.4 Å². The number of nitrogens with zero attached hydrogens (tertiary/aromatic N) is 1. The number of benzene rings is 1. The van der Waals surface area contributed by atoms with Gasteiger partial charge in [-0.25, -0.2) is 0 Å². The number of aromatic hydroxyl groups is 1. The maximum absolute atomic E-state index is 11.9. The second-order valence-corrected chi connectivity index (χ2v) is 5.68. The number of nitro benzene ring substituents is 1. The number of hydrogen-bond acceptors (Lipinski definition) is 5. The molecule has 0 heterocycles. The van der Waals surface area contributed by atoms with Gasteiger partial charge in [-0.1, -0.05) is 20.8 Å². The van der Waals surface area contributed by atoms with E-state index in [-0.39, 0.29) is 35.0 Å². The van der Waals surface area contributed by atoms with Gasteiger partial charge in [0.25, 0.3) is 5.69 Å². The van der Waals surface area contributed by atoms with Gasteiger partial charge < -0.3 is 16.2 Å². The molecule has 7 heteroatoms. The third-order valence-electron chi connectivity index (χ3n) is 2.97. The summed E-state index contributed by atoms with van der Waals surface area (Å²) in [5.74, 6) is -0.637. The molecule has 0 fully saturated rings. The van der Waals surface area contributed by atoms with Crippen LogP contribution in [0.15, 0.2) is 18.2 Å². The lowest BCUT2D eigenvalue weighted by molar-refractivity contribution is -0.384. The fourth-order valence-corrected chi connectivity index (χ4v) is 1.48. The lowest BCUT2D eigenvalue weighted by Crippen LogP contribution is -2.38. The summed E-state index contributed by atoms with van der Waals surface area (Å²) in [5, 5.41) is 22.5. The Morgan fingerprint density at radius 2 is 2.10 bits per heavy atom. The number of nitrogens with one attached hydrogen (secondary N) is 1. The van der Waals surface area contributed by atoms with Crippen LogP contribution in [0.5, 0.6) is 5.75 Å². The van der Waals surface area contributed by atoms with Crippen LogP contribution in [0, 0.1) is 15.5 Å². The Morgan fingerprint density at radius 3 is 2.60 bits per heavy atom. The Balaban J connectivity index is 2.84. The zero-order valence-corrected chi connectivity index (χ0v) is 11.7. The molecule has 0 aliphatic carbocycles. The average Bonchev–Trinajstić information content (AvgIpc) is 2.29. The van der Waals surface area contributed by atoms with Crippen LogP contribution in [0.3, 0.4) is 0 Å². The van der Waals surface area contributed by atoms with Crippen LogP contribution < -0.4 is 11.1 Å². The molecular formula is C13H19N3O4. The Kier molecular flexibility index (Phi) is 4.67. The van der Waals surface area contributed by atoms with Crippen molar-refractivity contribution in [2.45, 2.75) is 33.2 Å². The second-order valence-electron chi connectivity index (χ2n) is 5.68. The van der Waals surface area contributed by atoms with Crippen LogP contribution in [0.2, 0.25) is 0 Å². The van der Waals surface area contributed by atoms with Gasteiger partial charge in [0.2, 0.25) is 5.91 Å². The fraction of sp³-hybridized carbons (Fsp3) is 0.462. The maximum atomic E-state index is 11.9. The minimum atomic E-state index is -0.668. The number of phenols is 1. The number of hydrogen-bond donors (Lipinski definition) is 3. The number of anilines is 1. The van der Waals surface area contributed by atoms with Crippen molar-refractivity contribution in [2.24, 2.45) is 11.1 Å². The fourth-order valence-electron chi connectivity index (χ4n) is 1.48. The summed E-state index contributed by atoms with van der Waals surface area (Å²) >= 11 is 0. The average molecular weight is 281 g/mol. The highest BCUT2D eigenvalue weighted by atomic mass is 16.6. The highest BCUT2D eigenvalue weighted by Gasteiger charge is 2.24. The number of nitrogens with two attached hydrogens (primary N) is 1. The van der Waals surface area contributed by atoms with E-state index in [4.69, 9.17) is 5.73 Å². The van der Waals surface area contributed by atoms with Crippen molar-refractivity contribution in [2.75, 3.05) is 5.32 Å². The molecule has 1 rings (SSSR count). The standard InChI is InChI=1S/C13H19N3O4/c1-13(2,3)11(14)7-12(18)15-9-5-4-8(17)6-10(9)16(19)20/h4-6,11,17H,7,14H2,1-3H3,(H,15,18). The molecule has 0 radical (unpaired) electrons. The number of rotatable bonds is 4.